The van der Waals surface area contributed by atoms with E-state index >= 15 is 0 Å². The molecule has 0 aliphatic heterocycles. The molecule has 0 bridgehead atoms. The fourth-order valence-electron chi connectivity index (χ4n) is 1.77. The van der Waals surface area contributed by atoms with E-state index in [0.29, 0.717) is 5.56 Å². The number of hydrogen-bond donors (Lipinski definition) is 0. The summed E-state index contributed by atoms with van der Waals surface area (Å²) in [5, 5.41) is 0. The van der Waals surface area contributed by atoms with E-state index in [1.54, 1.807) is 0 Å². The molecule has 0 heterocycles. The van der Waals surface area contributed by atoms with E-state index in [4.69, 9.17) is 4.74 Å². The van der Waals surface area contributed by atoms with Gasteiger partial charge in [0.1, 0.15) is 0 Å². The van der Waals surface area contributed by atoms with E-state index in [1.807, 2.05) is 25.1 Å². The Hall–Kier alpha value is -1.31. The van der Waals surface area contributed by atoms with Gasteiger partial charge in [-0.25, -0.2) is 4.79 Å². The Balaban J connectivity index is 3.19. The molecule has 0 N–H and O–H groups in total. The summed E-state index contributed by atoms with van der Waals surface area (Å²) < 4.78 is 4.81. The van der Waals surface area contributed by atoms with Crippen LogP contribution in [-0.4, -0.2) is 13.1 Å². The molecule has 1 aromatic carbocycles. The molecular formula is C14H20O2. The lowest BCUT2D eigenvalue weighted by Crippen LogP contribution is -2.15. The first-order chi connectivity index (χ1) is 7.35. The molecule has 1 aromatic rings. The molecule has 2 heteroatoms. The number of aryl methyl sites for hydroxylation is 1. The zero-order valence-corrected chi connectivity index (χ0v) is 10.8. The van der Waals surface area contributed by atoms with Crippen molar-refractivity contribution in [1.29, 1.82) is 0 Å². The van der Waals surface area contributed by atoms with Crippen molar-refractivity contribution in [2.45, 2.75) is 34.1 Å². The summed E-state index contributed by atoms with van der Waals surface area (Å²) in [4.78, 5) is 11.7. The Morgan fingerprint density at radius 2 is 1.94 bits per heavy atom. The highest BCUT2D eigenvalue weighted by Gasteiger charge is 2.19. The third-order valence-corrected chi connectivity index (χ3v) is 2.52. The molecule has 0 saturated heterocycles. The third kappa shape index (κ3) is 3.09. The van der Waals surface area contributed by atoms with Gasteiger partial charge in [0, 0.05) is 0 Å². The molecule has 16 heavy (non-hydrogen) atoms. The van der Waals surface area contributed by atoms with Crippen molar-refractivity contribution >= 4 is 5.97 Å². The maximum Gasteiger partial charge on any atom is 0.338 e. The van der Waals surface area contributed by atoms with Crippen LogP contribution >= 0.6 is 0 Å². The normalized spacial score (nSPS) is 11.3. The van der Waals surface area contributed by atoms with Gasteiger partial charge in [-0.2, -0.15) is 0 Å². The molecule has 0 atom stereocenters. The SMILES string of the molecule is COC(=O)c1cccc(C)c1CC(C)(C)C. The van der Waals surface area contributed by atoms with Crippen molar-refractivity contribution < 1.29 is 9.53 Å². The van der Waals surface area contributed by atoms with Gasteiger partial charge in [-0.05, 0) is 36.0 Å². The standard InChI is InChI=1S/C14H20O2/c1-10-7-6-8-11(13(15)16-5)12(10)9-14(2,3)4/h6-8H,9H2,1-5H3. The topological polar surface area (TPSA) is 26.3 Å². The van der Waals surface area contributed by atoms with Gasteiger partial charge >= 0.3 is 5.97 Å². The Kier molecular flexibility index (Phi) is 3.74. The molecule has 88 valence electrons. The van der Waals surface area contributed by atoms with Crippen LogP contribution in [0.2, 0.25) is 0 Å². The van der Waals surface area contributed by atoms with E-state index in [0.717, 1.165) is 17.5 Å². The molecule has 0 spiro atoms. The molecule has 1 rings (SSSR count). The smallest absolute Gasteiger partial charge is 0.338 e. The van der Waals surface area contributed by atoms with Crippen molar-refractivity contribution in [3.63, 3.8) is 0 Å². The number of benzene rings is 1. The van der Waals surface area contributed by atoms with Crippen LogP contribution in [0.1, 0.15) is 42.3 Å². The summed E-state index contributed by atoms with van der Waals surface area (Å²) in [6.07, 6.45) is 0.879. The highest BCUT2D eigenvalue weighted by atomic mass is 16.5. The van der Waals surface area contributed by atoms with E-state index in [-0.39, 0.29) is 11.4 Å². The summed E-state index contributed by atoms with van der Waals surface area (Å²) in [7, 11) is 1.42. The summed E-state index contributed by atoms with van der Waals surface area (Å²) >= 11 is 0. The number of carbonyl (C=O) groups excluding carboxylic acids is 1. The van der Waals surface area contributed by atoms with Crippen LogP contribution in [0.5, 0.6) is 0 Å². The number of esters is 1. The largest absolute Gasteiger partial charge is 0.465 e. The quantitative estimate of drug-likeness (QED) is 0.714. The van der Waals surface area contributed by atoms with Crippen LogP contribution in [0, 0.1) is 12.3 Å². The molecular weight excluding hydrogens is 200 g/mol. The number of methoxy groups -OCH3 is 1. The highest BCUT2D eigenvalue weighted by molar-refractivity contribution is 5.91. The molecule has 0 fully saturated rings. The van der Waals surface area contributed by atoms with Gasteiger partial charge in [-0.3, -0.25) is 0 Å². The minimum Gasteiger partial charge on any atom is -0.465 e. The Labute approximate surface area is 97.6 Å². The highest BCUT2D eigenvalue weighted by Crippen LogP contribution is 2.25. The maximum atomic E-state index is 11.7. The summed E-state index contributed by atoms with van der Waals surface area (Å²) in [5.74, 6) is -0.247. The molecule has 0 saturated carbocycles. The van der Waals surface area contributed by atoms with Gasteiger partial charge in [0.25, 0.3) is 0 Å². The fourth-order valence-corrected chi connectivity index (χ4v) is 1.77. The summed E-state index contributed by atoms with van der Waals surface area (Å²) in [5.41, 5.74) is 3.10. The number of rotatable bonds is 2. The molecule has 0 unspecified atom stereocenters. The summed E-state index contributed by atoms with van der Waals surface area (Å²) in [6, 6.07) is 5.77. The van der Waals surface area contributed by atoms with Crippen LogP contribution in [-0.2, 0) is 11.2 Å². The predicted molar refractivity (Wildman–Crippen MR) is 65.7 cm³/mol. The Bertz CT molecular complexity index is 386. The number of ether oxygens (including phenoxy) is 1. The van der Waals surface area contributed by atoms with Crippen LogP contribution in [0.25, 0.3) is 0 Å². The minimum absolute atomic E-state index is 0.162. The predicted octanol–water partition coefficient (Wildman–Crippen LogP) is 3.37. The third-order valence-electron chi connectivity index (χ3n) is 2.52. The van der Waals surface area contributed by atoms with Gasteiger partial charge in [-0.15, -0.1) is 0 Å². The van der Waals surface area contributed by atoms with Crippen molar-refractivity contribution in [3.8, 4) is 0 Å². The van der Waals surface area contributed by atoms with Gasteiger partial charge in [0.15, 0.2) is 0 Å². The second kappa shape index (κ2) is 4.69. The zero-order chi connectivity index (χ0) is 12.3. The first-order valence-electron chi connectivity index (χ1n) is 5.52. The monoisotopic (exact) mass is 220 g/mol. The van der Waals surface area contributed by atoms with Crippen LogP contribution in [0.3, 0.4) is 0 Å². The average molecular weight is 220 g/mol. The van der Waals surface area contributed by atoms with Crippen molar-refractivity contribution in [2.24, 2.45) is 5.41 Å². The Morgan fingerprint density at radius 1 is 1.31 bits per heavy atom. The van der Waals surface area contributed by atoms with E-state index in [2.05, 4.69) is 20.8 Å². The zero-order valence-electron chi connectivity index (χ0n) is 10.8. The first-order valence-corrected chi connectivity index (χ1v) is 5.52. The van der Waals surface area contributed by atoms with Crippen LogP contribution in [0.15, 0.2) is 18.2 Å². The molecule has 0 radical (unpaired) electrons. The van der Waals surface area contributed by atoms with Crippen LogP contribution < -0.4 is 0 Å². The van der Waals surface area contributed by atoms with Gasteiger partial charge in [0.05, 0.1) is 12.7 Å². The number of hydrogen-bond acceptors (Lipinski definition) is 2. The Morgan fingerprint density at radius 3 is 2.44 bits per heavy atom. The van der Waals surface area contributed by atoms with Crippen LogP contribution in [0.4, 0.5) is 0 Å². The molecule has 0 amide bonds. The molecule has 0 aliphatic carbocycles. The number of carbonyl (C=O) groups is 1. The average Bonchev–Trinajstić information content (AvgIpc) is 2.18. The first kappa shape index (κ1) is 12.8. The molecule has 2 nitrogen and oxygen atoms in total. The minimum atomic E-state index is -0.247. The van der Waals surface area contributed by atoms with E-state index in [9.17, 15) is 4.79 Å². The second-order valence-electron chi connectivity index (χ2n) is 5.33. The molecule has 0 aromatic heterocycles. The lowest BCUT2D eigenvalue weighted by atomic mass is 9.84. The molecule has 0 aliphatic rings. The van der Waals surface area contributed by atoms with Crippen molar-refractivity contribution in [2.75, 3.05) is 7.11 Å². The van der Waals surface area contributed by atoms with E-state index in [1.165, 1.54) is 7.11 Å². The van der Waals surface area contributed by atoms with Gasteiger partial charge in [0.2, 0.25) is 0 Å². The lowest BCUT2D eigenvalue weighted by Gasteiger charge is -2.21. The van der Waals surface area contributed by atoms with Crippen molar-refractivity contribution in [3.05, 3.63) is 34.9 Å². The van der Waals surface area contributed by atoms with E-state index < -0.39 is 0 Å². The fraction of sp³-hybridized carbons (Fsp3) is 0.500. The second-order valence-corrected chi connectivity index (χ2v) is 5.33. The summed E-state index contributed by atoms with van der Waals surface area (Å²) in [6.45, 7) is 8.54. The maximum absolute atomic E-state index is 11.7. The van der Waals surface area contributed by atoms with Crippen molar-refractivity contribution in [1.82, 2.24) is 0 Å². The van der Waals surface area contributed by atoms with Gasteiger partial charge in [-0.1, -0.05) is 32.9 Å². The van der Waals surface area contributed by atoms with Gasteiger partial charge < -0.3 is 4.74 Å². The lowest BCUT2D eigenvalue weighted by molar-refractivity contribution is 0.0599.